The van der Waals surface area contributed by atoms with Crippen molar-refractivity contribution >= 4 is 40.1 Å². The van der Waals surface area contributed by atoms with E-state index in [0.29, 0.717) is 6.04 Å². The number of anilines is 1. The number of carbonyl (C=O) groups excluding carboxylic acids is 1. The smallest absolute Gasteiger partial charge is 0.303 e. The average Bonchev–Trinajstić information content (AvgIpc) is 3.09. The molecule has 180 valence electrons. The third kappa shape index (κ3) is 5.99. The maximum absolute atomic E-state index is 13.3. The lowest BCUT2D eigenvalue weighted by Crippen LogP contribution is -2.57. The van der Waals surface area contributed by atoms with Crippen molar-refractivity contribution in [1.82, 2.24) is 10.2 Å². The van der Waals surface area contributed by atoms with Gasteiger partial charge >= 0.3 is 6.03 Å². The molecule has 0 unspecified atom stereocenters. The lowest BCUT2D eigenvalue weighted by atomic mass is 9.84. The summed E-state index contributed by atoms with van der Waals surface area (Å²) >= 11 is 2.32. The Morgan fingerprint density at radius 1 is 1.06 bits per heavy atom. The van der Waals surface area contributed by atoms with Gasteiger partial charge in [0.05, 0.1) is 6.04 Å². The minimum Gasteiger partial charge on any atom is -0.303 e. The first kappa shape index (κ1) is 24.7. The van der Waals surface area contributed by atoms with Gasteiger partial charge in [0, 0.05) is 22.3 Å². The molecule has 0 radical (unpaired) electrons. The Kier molecular flexibility index (Phi) is 8.85. The Morgan fingerprint density at radius 2 is 1.76 bits per heavy atom. The molecule has 3 aliphatic rings. The fourth-order valence-electron chi connectivity index (χ4n) is 5.66. The molecule has 1 spiro atoms. The molecule has 5 nitrogen and oxygen atoms in total. The summed E-state index contributed by atoms with van der Waals surface area (Å²) in [4.78, 5) is 23.1. The summed E-state index contributed by atoms with van der Waals surface area (Å²) in [5.74, 6) is 0.932. The van der Waals surface area contributed by atoms with Crippen molar-refractivity contribution in [2.24, 2.45) is 4.99 Å². The van der Waals surface area contributed by atoms with Gasteiger partial charge in [0.2, 0.25) is 0 Å². The number of aliphatic imine (C=N–C) groups is 1. The van der Waals surface area contributed by atoms with Gasteiger partial charge in [-0.2, -0.15) is 0 Å². The van der Waals surface area contributed by atoms with Crippen molar-refractivity contribution in [3.05, 3.63) is 40.5 Å². The number of unbranched alkanes of at least 4 members (excludes halogenated alkanes) is 4. The van der Waals surface area contributed by atoms with Crippen molar-refractivity contribution < 1.29 is 4.79 Å². The number of nitrogens with one attached hydrogen (secondary N) is 1. The quantitative estimate of drug-likeness (QED) is 0.212. The van der Waals surface area contributed by atoms with Gasteiger partial charge in [0.1, 0.15) is 11.4 Å². The van der Waals surface area contributed by atoms with Gasteiger partial charge in [-0.3, -0.25) is 15.2 Å². The molecule has 1 N–H and O–H groups in total. The van der Waals surface area contributed by atoms with Crippen molar-refractivity contribution in [2.75, 3.05) is 24.5 Å². The molecule has 2 heterocycles. The van der Waals surface area contributed by atoms with Gasteiger partial charge < -0.3 is 4.90 Å². The molecule has 1 aromatic carbocycles. The van der Waals surface area contributed by atoms with Crippen molar-refractivity contribution in [3.8, 4) is 0 Å². The zero-order valence-electron chi connectivity index (χ0n) is 19.9. The maximum Gasteiger partial charge on any atom is 0.328 e. The summed E-state index contributed by atoms with van der Waals surface area (Å²) in [5.41, 5.74) is 0.652. The molecule has 3 fully saturated rings. The number of nitrogens with zero attached hydrogens (tertiary/aromatic N) is 3. The lowest BCUT2D eigenvalue weighted by Gasteiger charge is -2.44. The normalized spacial score (nSPS) is 22.8. The van der Waals surface area contributed by atoms with Crippen LogP contribution in [0.1, 0.15) is 77.0 Å². The van der Waals surface area contributed by atoms with Crippen LogP contribution in [0.15, 0.2) is 41.9 Å². The molecule has 0 bridgehead atoms. The Balaban J connectivity index is 1.48. The Labute approximate surface area is 213 Å². The third-order valence-corrected chi connectivity index (χ3v) is 8.30. The molecule has 2 aliphatic heterocycles. The van der Waals surface area contributed by atoms with Crippen LogP contribution in [0, 0.1) is 3.57 Å². The van der Waals surface area contributed by atoms with E-state index < -0.39 is 0 Å². The van der Waals surface area contributed by atoms with Crippen LogP contribution < -0.4 is 10.2 Å². The molecule has 2 amide bonds. The molecular formula is C27H39IN4O. The molecular weight excluding hydrogens is 523 g/mol. The van der Waals surface area contributed by atoms with Crippen LogP contribution in [-0.2, 0) is 0 Å². The summed E-state index contributed by atoms with van der Waals surface area (Å²) in [6, 6.07) is 8.70. The van der Waals surface area contributed by atoms with Crippen molar-refractivity contribution in [3.63, 3.8) is 0 Å². The molecule has 0 atom stereocenters. The molecule has 6 heteroatoms. The topological polar surface area (TPSA) is 47.9 Å². The van der Waals surface area contributed by atoms with Crippen LogP contribution in [0.3, 0.4) is 0 Å². The third-order valence-electron chi connectivity index (χ3n) is 7.58. The zero-order chi connectivity index (χ0) is 23.1. The zero-order valence-corrected chi connectivity index (χ0v) is 22.1. The first-order valence-corrected chi connectivity index (χ1v) is 14.0. The lowest BCUT2D eigenvalue weighted by molar-refractivity contribution is 0.187. The van der Waals surface area contributed by atoms with E-state index in [-0.39, 0.29) is 11.6 Å². The molecule has 1 saturated carbocycles. The van der Waals surface area contributed by atoms with E-state index in [1.807, 2.05) is 11.0 Å². The number of halogens is 1. The number of allylic oxidation sites excluding steroid dienone is 1. The van der Waals surface area contributed by atoms with E-state index in [9.17, 15) is 4.79 Å². The minimum absolute atomic E-state index is 0.0126. The van der Waals surface area contributed by atoms with Gasteiger partial charge in [0.15, 0.2) is 0 Å². The second-order valence-electron chi connectivity index (χ2n) is 9.88. The number of amidine groups is 1. The number of benzene rings is 1. The largest absolute Gasteiger partial charge is 0.328 e. The SMILES string of the molecule is C=CCCCCCCN1CCC2(CC1)C(=NC1CCCCC1)NC(=O)N2c1ccc(I)cc1. The predicted molar refractivity (Wildman–Crippen MR) is 146 cm³/mol. The highest BCUT2D eigenvalue weighted by atomic mass is 127. The highest BCUT2D eigenvalue weighted by Gasteiger charge is 2.53. The molecule has 2 saturated heterocycles. The molecule has 33 heavy (non-hydrogen) atoms. The minimum atomic E-state index is -0.332. The first-order chi connectivity index (χ1) is 16.1. The average molecular weight is 563 g/mol. The van der Waals surface area contributed by atoms with Gasteiger partial charge in [-0.1, -0.05) is 38.2 Å². The summed E-state index contributed by atoms with van der Waals surface area (Å²) in [5, 5.41) is 3.22. The highest BCUT2D eigenvalue weighted by Crippen LogP contribution is 2.39. The van der Waals surface area contributed by atoms with Gasteiger partial charge in [-0.15, -0.1) is 6.58 Å². The number of urea groups is 1. The number of rotatable bonds is 9. The van der Waals surface area contributed by atoms with Gasteiger partial charge in [-0.25, -0.2) is 4.79 Å². The fourth-order valence-corrected chi connectivity index (χ4v) is 6.02. The highest BCUT2D eigenvalue weighted by molar-refractivity contribution is 14.1. The predicted octanol–water partition coefficient (Wildman–Crippen LogP) is 6.52. The summed E-state index contributed by atoms with van der Waals surface area (Å²) < 4.78 is 1.18. The molecule has 0 aromatic heterocycles. The number of hydrogen-bond donors (Lipinski definition) is 1. The molecule has 1 aliphatic carbocycles. The summed E-state index contributed by atoms with van der Waals surface area (Å²) in [7, 11) is 0. The number of piperidine rings is 1. The van der Waals surface area contributed by atoms with Gasteiger partial charge in [0.25, 0.3) is 0 Å². The van der Waals surface area contributed by atoms with Crippen molar-refractivity contribution in [2.45, 2.75) is 88.6 Å². The van der Waals surface area contributed by atoms with Crippen LogP contribution in [0.4, 0.5) is 10.5 Å². The van der Waals surface area contributed by atoms with E-state index >= 15 is 0 Å². The number of amides is 2. The monoisotopic (exact) mass is 562 g/mol. The standard InChI is InChI=1S/C27H39IN4O/c1-2-3-4-5-6-10-19-31-20-17-27(18-21-31)25(29-23-11-8-7-9-12-23)30-26(33)32(27)24-15-13-22(28)14-16-24/h2,13-16,23H,1,3-12,17-21H2,(H,29,30,33). The Bertz CT molecular complexity index is 823. The van der Waals surface area contributed by atoms with Crippen LogP contribution in [0.5, 0.6) is 0 Å². The van der Waals surface area contributed by atoms with E-state index in [1.54, 1.807) is 0 Å². The van der Waals surface area contributed by atoms with Crippen LogP contribution >= 0.6 is 22.6 Å². The Hall–Kier alpha value is -1.41. The second-order valence-corrected chi connectivity index (χ2v) is 11.1. The summed E-state index contributed by atoms with van der Waals surface area (Å²) in [6.45, 7) is 7.01. The van der Waals surface area contributed by atoms with Crippen LogP contribution in [0.25, 0.3) is 0 Å². The Morgan fingerprint density at radius 3 is 2.45 bits per heavy atom. The number of likely N-dealkylation sites (tertiary alicyclic amines) is 1. The molecule has 4 rings (SSSR count). The fraction of sp³-hybridized carbons (Fsp3) is 0.630. The van der Waals surface area contributed by atoms with E-state index in [0.717, 1.165) is 63.3 Å². The number of carbonyl (C=O) groups is 1. The first-order valence-electron chi connectivity index (χ1n) is 12.9. The summed E-state index contributed by atoms with van der Waals surface area (Å²) in [6.07, 6.45) is 16.3. The van der Waals surface area contributed by atoms with Crippen LogP contribution in [0.2, 0.25) is 0 Å². The van der Waals surface area contributed by atoms with Crippen LogP contribution in [-0.4, -0.2) is 48.0 Å². The second kappa shape index (κ2) is 11.8. The van der Waals surface area contributed by atoms with Crippen molar-refractivity contribution in [1.29, 1.82) is 0 Å². The van der Waals surface area contributed by atoms with E-state index in [1.165, 1.54) is 48.5 Å². The van der Waals surface area contributed by atoms with E-state index in [2.05, 4.69) is 63.7 Å². The molecule has 1 aromatic rings. The maximum atomic E-state index is 13.3. The van der Waals surface area contributed by atoms with Gasteiger partial charge in [-0.05, 0) is 98.3 Å². The van der Waals surface area contributed by atoms with E-state index in [4.69, 9.17) is 4.99 Å². The number of hydrogen-bond acceptors (Lipinski definition) is 3.